The first kappa shape index (κ1) is 29.3. The molecule has 10 nitrogen and oxygen atoms in total. The highest BCUT2D eigenvalue weighted by Gasteiger charge is 2.49. The number of carbonyl (C=O) groups excluding carboxylic acids is 1. The lowest BCUT2D eigenvalue weighted by atomic mass is 9.80. The van der Waals surface area contributed by atoms with Gasteiger partial charge in [-0.1, -0.05) is 0 Å². The summed E-state index contributed by atoms with van der Waals surface area (Å²) in [6, 6.07) is 4.33. The van der Waals surface area contributed by atoms with Crippen molar-refractivity contribution in [3.8, 4) is 11.5 Å². The Morgan fingerprint density at radius 2 is 1.83 bits per heavy atom. The molecule has 2 saturated heterocycles. The number of fused-ring (bicyclic) bond motifs is 1. The van der Waals surface area contributed by atoms with E-state index < -0.39 is 11.9 Å². The summed E-state index contributed by atoms with van der Waals surface area (Å²) >= 11 is 1.48. The third kappa shape index (κ3) is 5.29. The first-order valence-corrected chi connectivity index (χ1v) is 16.1. The van der Waals surface area contributed by atoms with Crippen molar-refractivity contribution in [2.45, 2.75) is 81.9 Å². The number of amides is 1. The smallest absolute Gasteiger partial charge is 0.254 e. The molecule has 3 aliphatic heterocycles. The number of nitrogens with one attached hydrogen (secondary N) is 2. The summed E-state index contributed by atoms with van der Waals surface area (Å²) in [6.07, 6.45) is 6.03. The van der Waals surface area contributed by atoms with Gasteiger partial charge in [-0.05, 0) is 57.9 Å². The third-order valence-corrected chi connectivity index (χ3v) is 10.4. The van der Waals surface area contributed by atoms with Gasteiger partial charge >= 0.3 is 0 Å². The molecule has 1 amide bonds. The maximum atomic E-state index is 13.6. The number of hydrogen-bond donors (Lipinski definition) is 3. The van der Waals surface area contributed by atoms with Gasteiger partial charge < -0.3 is 34.5 Å². The molecule has 42 heavy (non-hydrogen) atoms. The van der Waals surface area contributed by atoms with E-state index >= 15 is 0 Å². The molecule has 1 unspecified atom stereocenters. The fourth-order valence-corrected chi connectivity index (χ4v) is 7.54. The molecule has 0 radical (unpaired) electrons. The molecule has 3 fully saturated rings. The highest BCUT2D eigenvalue weighted by atomic mass is 32.2. The fraction of sp³-hybridized carbons (Fsp3) is 0.613. The second-order valence-electron chi connectivity index (χ2n) is 12.3. The highest BCUT2D eigenvalue weighted by molar-refractivity contribution is 7.98. The molecule has 4 heterocycles. The topological polar surface area (TPSA) is 116 Å². The molecule has 2 aromatic rings. The zero-order valence-electron chi connectivity index (χ0n) is 25.1. The highest BCUT2D eigenvalue weighted by Crippen LogP contribution is 2.53. The van der Waals surface area contributed by atoms with Crippen LogP contribution in [0.5, 0.6) is 11.5 Å². The number of aromatic amines is 1. The Kier molecular flexibility index (Phi) is 7.97. The summed E-state index contributed by atoms with van der Waals surface area (Å²) in [5.41, 5.74) is 3.05. The Morgan fingerprint density at radius 3 is 2.48 bits per heavy atom. The zero-order valence-corrected chi connectivity index (χ0v) is 25.9. The lowest BCUT2D eigenvalue weighted by Gasteiger charge is -2.47. The molecule has 1 saturated carbocycles. The van der Waals surface area contributed by atoms with Gasteiger partial charge in [0.1, 0.15) is 0 Å². The maximum Gasteiger partial charge on any atom is 0.254 e. The van der Waals surface area contributed by atoms with Crippen LogP contribution in [-0.4, -0.2) is 84.5 Å². The average molecular weight is 599 g/mol. The van der Waals surface area contributed by atoms with Crippen LogP contribution in [0.4, 0.5) is 5.69 Å². The number of rotatable bonds is 8. The van der Waals surface area contributed by atoms with Crippen LogP contribution in [0.1, 0.15) is 59.8 Å². The van der Waals surface area contributed by atoms with Crippen molar-refractivity contribution in [3.05, 3.63) is 44.9 Å². The number of benzene rings is 1. The molecule has 1 aromatic heterocycles. The van der Waals surface area contributed by atoms with Crippen molar-refractivity contribution in [2.75, 3.05) is 44.4 Å². The van der Waals surface area contributed by atoms with Crippen LogP contribution in [0.15, 0.2) is 21.8 Å². The fourth-order valence-electron chi connectivity index (χ4n) is 6.84. The molecule has 6 rings (SSSR count). The van der Waals surface area contributed by atoms with E-state index in [9.17, 15) is 14.7 Å². The van der Waals surface area contributed by atoms with Gasteiger partial charge in [-0.2, -0.15) is 0 Å². The van der Waals surface area contributed by atoms with Gasteiger partial charge in [0, 0.05) is 86.0 Å². The molecule has 1 aromatic carbocycles. The predicted molar refractivity (Wildman–Crippen MR) is 162 cm³/mol. The summed E-state index contributed by atoms with van der Waals surface area (Å²) in [7, 11) is 1.78. The molecule has 0 spiro atoms. The van der Waals surface area contributed by atoms with Gasteiger partial charge in [-0.25, -0.2) is 0 Å². The molecule has 1 aliphatic carbocycles. The normalized spacial score (nSPS) is 26.2. The first-order chi connectivity index (χ1) is 20.1. The number of H-pyrrole nitrogens is 1. The number of nitrogens with zero attached hydrogens (tertiary/aromatic N) is 2. The SMILES string of the molecule is COC1CN(C2CCC(C3(C)Oc4c(N5CC(O)C5)cc(C(=O)NCc5c(SC)cc(C)[nH]c5=O)c(C)c4O3)CC2)C1. The molecular formula is C31H42N4O6S. The number of aryl methyl sites for hydroxylation is 1. The molecule has 3 N–H and O–H groups in total. The van der Waals surface area contributed by atoms with Crippen LogP contribution in [0.2, 0.25) is 0 Å². The number of carbonyl (C=O) groups is 1. The van der Waals surface area contributed by atoms with Crippen molar-refractivity contribution in [2.24, 2.45) is 5.92 Å². The maximum absolute atomic E-state index is 13.6. The minimum Gasteiger partial charge on any atom is -0.448 e. The van der Waals surface area contributed by atoms with Crippen molar-refractivity contribution < 1.29 is 24.1 Å². The molecule has 0 bridgehead atoms. The third-order valence-electron chi connectivity index (χ3n) is 9.56. The number of thioether (sulfide) groups is 1. The van der Waals surface area contributed by atoms with E-state index in [0.717, 1.165) is 55.0 Å². The summed E-state index contributed by atoms with van der Waals surface area (Å²) in [6.45, 7) is 8.81. The number of pyridine rings is 1. The minimum atomic E-state index is -0.835. The molecule has 1 atom stereocenters. The molecule has 4 aliphatic rings. The van der Waals surface area contributed by atoms with Crippen molar-refractivity contribution >= 4 is 23.4 Å². The summed E-state index contributed by atoms with van der Waals surface area (Å²) < 4.78 is 18.8. The van der Waals surface area contributed by atoms with Crippen molar-refractivity contribution in [1.82, 2.24) is 15.2 Å². The molecule has 11 heteroatoms. The molecule has 228 valence electrons. The van der Waals surface area contributed by atoms with Gasteiger partial charge in [0.05, 0.1) is 17.9 Å². The van der Waals surface area contributed by atoms with Crippen LogP contribution in [0, 0.1) is 19.8 Å². The average Bonchev–Trinajstić information content (AvgIpc) is 3.30. The van der Waals surface area contributed by atoms with Gasteiger partial charge in [-0.15, -0.1) is 11.8 Å². The lowest BCUT2D eigenvalue weighted by molar-refractivity contribution is -0.130. The number of β-amino-alcohol motifs (C(OH)–C–C–N with tert-alkyl or cyclic N) is 1. The summed E-state index contributed by atoms with van der Waals surface area (Å²) in [5, 5.41) is 13.0. The largest absolute Gasteiger partial charge is 0.448 e. The number of hydrogen-bond acceptors (Lipinski definition) is 9. The van der Waals surface area contributed by atoms with E-state index in [2.05, 4.69) is 15.2 Å². The lowest BCUT2D eigenvalue weighted by Crippen LogP contribution is -2.57. The van der Waals surface area contributed by atoms with Crippen LogP contribution in [-0.2, 0) is 11.3 Å². The van der Waals surface area contributed by atoms with Gasteiger partial charge in [0.15, 0.2) is 11.5 Å². The van der Waals surface area contributed by atoms with Gasteiger partial charge in [-0.3, -0.25) is 14.5 Å². The zero-order chi connectivity index (χ0) is 29.8. The van der Waals surface area contributed by atoms with Crippen LogP contribution < -0.4 is 25.2 Å². The predicted octanol–water partition coefficient (Wildman–Crippen LogP) is 3.20. The Labute approximate surface area is 251 Å². The number of anilines is 1. The Hall–Kier alpha value is -2.73. The van der Waals surface area contributed by atoms with Gasteiger partial charge in [0.2, 0.25) is 0 Å². The standard InChI is InChI=1S/C31H42N4O6S/c1-17-10-26(42-5)24(30(38)33-17)12-32-29(37)23-11-25(35-13-21(36)14-35)28-27(18(23)2)40-31(3,41-28)19-6-8-20(9-7-19)34-15-22(16-34)39-4/h10-11,19-22,36H,6-9,12-16H2,1-5H3,(H,32,37)(H,33,38). The van der Waals surface area contributed by atoms with Crippen molar-refractivity contribution in [3.63, 3.8) is 0 Å². The Balaban J connectivity index is 1.22. The van der Waals surface area contributed by atoms with Crippen LogP contribution >= 0.6 is 11.8 Å². The number of aliphatic hydroxyl groups is 1. The quantitative estimate of drug-likeness (QED) is 0.394. The summed E-state index contributed by atoms with van der Waals surface area (Å²) in [5.74, 6) is 0.326. The number of methoxy groups -OCH3 is 1. The number of likely N-dealkylation sites (tertiary alicyclic amines) is 1. The van der Waals surface area contributed by atoms with Crippen molar-refractivity contribution in [1.29, 1.82) is 0 Å². The van der Waals surface area contributed by atoms with E-state index in [4.69, 9.17) is 14.2 Å². The van der Waals surface area contributed by atoms with E-state index in [0.29, 0.717) is 53.4 Å². The number of aromatic nitrogens is 1. The number of aliphatic hydroxyl groups excluding tert-OH is 1. The Morgan fingerprint density at radius 1 is 1.14 bits per heavy atom. The second kappa shape index (κ2) is 11.4. The van der Waals surface area contributed by atoms with Gasteiger partial charge in [0.25, 0.3) is 17.3 Å². The second-order valence-corrected chi connectivity index (χ2v) is 13.2. The van der Waals surface area contributed by atoms with E-state index in [-0.39, 0.29) is 23.9 Å². The molecular weight excluding hydrogens is 556 g/mol. The van der Waals surface area contributed by atoms with Crippen LogP contribution in [0.25, 0.3) is 0 Å². The summed E-state index contributed by atoms with van der Waals surface area (Å²) in [4.78, 5) is 34.5. The van der Waals surface area contributed by atoms with Crippen LogP contribution in [0.3, 0.4) is 0 Å². The van der Waals surface area contributed by atoms with E-state index in [1.807, 2.05) is 44.1 Å². The minimum absolute atomic E-state index is 0.110. The van der Waals surface area contributed by atoms with E-state index in [1.165, 1.54) is 11.8 Å². The number of ether oxygens (including phenoxy) is 3. The Bertz CT molecular complexity index is 1410. The van der Waals surface area contributed by atoms with E-state index in [1.54, 1.807) is 7.11 Å². The monoisotopic (exact) mass is 598 g/mol. The first-order valence-electron chi connectivity index (χ1n) is 14.9.